The predicted molar refractivity (Wildman–Crippen MR) is 56.7 cm³/mol. The molecule has 1 amide bonds. The smallest absolute Gasteiger partial charge is 0.308 e. The molecule has 0 aliphatic heterocycles. The summed E-state index contributed by atoms with van der Waals surface area (Å²) in [5.41, 5.74) is 0.318. The number of carbonyl (C=O) groups excluding carboxylic acids is 2. The number of hydrogen-bond acceptors (Lipinski definition) is 5. The van der Waals surface area contributed by atoms with E-state index in [9.17, 15) is 14.5 Å². The normalized spacial score (nSPS) is 9.38. The summed E-state index contributed by atoms with van der Waals surface area (Å²) in [6.07, 6.45) is 0. The summed E-state index contributed by atoms with van der Waals surface area (Å²) >= 11 is 0. The number of benzene rings is 1. The van der Waals surface area contributed by atoms with E-state index in [4.69, 9.17) is 4.74 Å². The van der Waals surface area contributed by atoms with Crippen molar-refractivity contribution in [1.82, 2.24) is 0 Å². The molecule has 1 rings (SSSR count). The zero-order valence-corrected chi connectivity index (χ0v) is 8.84. The molecule has 0 unspecified atom stereocenters. The van der Waals surface area contributed by atoms with Crippen LogP contribution in [0, 0.1) is 4.91 Å². The topological polar surface area (TPSA) is 76.0 Å². The Labute approximate surface area is 91.8 Å². The standard InChI is InChI=1S/C10H10N2O4/c1-7(13)12(11-15)9-3-5-10(6-4-9)16-8(2)14/h3-6H,1-2H3. The quantitative estimate of drug-likeness (QED) is 0.337. The molecule has 0 spiro atoms. The fraction of sp³-hybridized carbons (Fsp3) is 0.200. The molecule has 0 fully saturated rings. The minimum atomic E-state index is -0.491. The molecule has 0 saturated carbocycles. The van der Waals surface area contributed by atoms with Gasteiger partial charge in [0.25, 0.3) is 0 Å². The average molecular weight is 222 g/mol. The van der Waals surface area contributed by atoms with E-state index >= 15 is 0 Å². The Morgan fingerprint density at radius 1 is 1.19 bits per heavy atom. The Hall–Kier alpha value is -2.24. The maximum absolute atomic E-state index is 11.0. The summed E-state index contributed by atoms with van der Waals surface area (Å²) in [7, 11) is 0. The van der Waals surface area contributed by atoms with Crippen molar-refractivity contribution in [2.24, 2.45) is 5.29 Å². The lowest BCUT2D eigenvalue weighted by molar-refractivity contribution is -0.131. The van der Waals surface area contributed by atoms with Crippen molar-refractivity contribution in [3.63, 3.8) is 0 Å². The number of rotatable bonds is 3. The third-order valence-corrected chi connectivity index (χ3v) is 1.72. The van der Waals surface area contributed by atoms with Gasteiger partial charge in [0, 0.05) is 13.8 Å². The molecule has 84 valence electrons. The van der Waals surface area contributed by atoms with Crippen molar-refractivity contribution in [3.8, 4) is 5.75 Å². The summed E-state index contributed by atoms with van der Waals surface area (Å²) in [5.74, 6) is -0.592. The van der Waals surface area contributed by atoms with Gasteiger partial charge in [-0.3, -0.25) is 9.59 Å². The molecule has 0 N–H and O–H groups in total. The molecule has 16 heavy (non-hydrogen) atoms. The number of esters is 1. The summed E-state index contributed by atoms with van der Waals surface area (Å²) in [5, 5.41) is 3.28. The van der Waals surface area contributed by atoms with Gasteiger partial charge in [-0.2, -0.15) is 5.01 Å². The second-order valence-corrected chi connectivity index (χ2v) is 3.00. The monoisotopic (exact) mass is 222 g/mol. The molecule has 0 bridgehead atoms. The van der Waals surface area contributed by atoms with Gasteiger partial charge in [-0.15, -0.1) is 4.91 Å². The van der Waals surface area contributed by atoms with Crippen molar-refractivity contribution >= 4 is 17.6 Å². The maximum Gasteiger partial charge on any atom is 0.308 e. The number of anilines is 1. The summed E-state index contributed by atoms with van der Waals surface area (Å²) in [6.45, 7) is 2.50. The van der Waals surface area contributed by atoms with Crippen LogP contribution >= 0.6 is 0 Å². The van der Waals surface area contributed by atoms with Gasteiger partial charge in [0.2, 0.25) is 5.91 Å². The molecule has 0 aliphatic carbocycles. The Balaban J connectivity index is 2.89. The molecule has 6 heteroatoms. The van der Waals surface area contributed by atoms with E-state index in [0.717, 1.165) is 0 Å². The van der Waals surface area contributed by atoms with E-state index in [1.807, 2.05) is 0 Å². The first-order valence-electron chi connectivity index (χ1n) is 4.47. The Morgan fingerprint density at radius 3 is 2.12 bits per heavy atom. The Morgan fingerprint density at radius 2 is 1.75 bits per heavy atom. The van der Waals surface area contributed by atoms with Crippen molar-refractivity contribution in [2.45, 2.75) is 13.8 Å². The lowest BCUT2D eigenvalue weighted by atomic mass is 10.3. The highest BCUT2D eigenvalue weighted by Crippen LogP contribution is 2.19. The first kappa shape index (κ1) is 11.8. The van der Waals surface area contributed by atoms with Crippen LogP contribution in [0.2, 0.25) is 0 Å². The van der Waals surface area contributed by atoms with Gasteiger partial charge < -0.3 is 4.74 Å². The number of carbonyl (C=O) groups is 2. The summed E-state index contributed by atoms with van der Waals surface area (Å²) < 4.78 is 4.79. The minimum absolute atomic E-state index is 0.318. The largest absolute Gasteiger partial charge is 0.427 e. The van der Waals surface area contributed by atoms with Crippen LogP contribution in [0.3, 0.4) is 0 Å². The number of hydrogen-bond donors (Lipinski definition) is 0. The molecule has 0 saturated heterocycles. The predicted octanol–water partition coefficient (Wildman–Crippen LogP) is 1.65. The summed E-state index contributed by atoms with van der Waals surface area (Å²) in [6, 6.07) is 5.86. The van der Waals surface area contributed by atoms with Gasteiger partial charge in [0.05, 0.1) is 11.0 Å². The van der Waals surface area contributed by atoms with Crippen molar-refractivity contribution in [1.29, 1.82) is 0 Å². The van der Waals surface area contributed by atoms with Crippen LogP contribution < -0.4 is 9.75 Å². The zero-order chi connectivity index (χ0) is 12.1. The molecular formula is C10H10N2O4. The second kappa shape index (κ2) is 5.01. The lowest BCUT2D eigenvalue weighted by Gasteiger charge is -2.10. The summed E-state index contributed by atoms with van der Waals surface area (Å²) in [4.78, 5) is 32.0. The van der Waals surface area contributed by atoms with Crippen molar-refractivity contribution in [3.05, 3.63) is 29.2 Å². The van der Waals surface area contributed by atoms with Gasteiger partial charge in [0.15, 0.2) is 0 Å². The van der Waals surface area contributed by atoms with E-state index in [0.29, 0.717) is 16.4 Å². The van der Waals surface area contributed by atoms with Crippen LogP contribution in [0.4, 0.5) is 5.69 Å². The van der Waals surface area contributed by atoms with Gasteiger partial charge in [-0.25, -0.2) is 0 Å². The van der Waals surface area contributed by atoms with Crippen molar-refractivity contribution < 1.29 is 14.3 Å². The third kappa shape index (κ3) is 2.88. The van der Waals surface area contributed by atoms with Gasteiger partial charge in [-0.1, -0.05) is 0 Å². The Kier molecular flexibility index (Phi) is 3.71. The van der Waals surface area contributed by atoms with Crippen LogP contribution in [-0.4, -0.2) is 11.9 Å². The number of amides is 1. The van der Waals surface area contributed by atoms with Crippen LogP contribution in [-0.2, 0) is 9.59 Å². The number of ether oxygens (including phenoxy) is 1. The molecule has 0 aliphatic rings. The van der Waals surface area contributed by atoms with Gasteiger partial charge in [-0.05, 0) is 24.3 Å². The first-order chi connectivity index (χ1) is 7.54. The average Bonchev–Trinajstić information content (AvgIpc) is 2.20. The maximum atomic E-state index is 11.0. The highest BCUT2D eigenvalue weighted by molar-refractivity contribution is 5.90. The van der Waals surface area contributed by atoms with Gasteiger partial charge >= 0.3 is 5.97 Å². The Bertz CT molecular complexity index is 413. The molecule has 1 aromatic carbocycles. The second-order valence-electron chi connectivity index (χ2n) is 3.00. The highest BCUT2D eigenvalue weighted by atomic mass is 16.5. The molecular weight excluding hydrogens is 212 g/mol. The van der Waals surface area contributed by atoms with Gasteiger partial charge in [0.1, 0.15) is 5.75 Å². The molecule has 0 radical (unpaired) electrons. The molecule has 1 aromatic rings. The van der Waals surface area contributed by atoms with E-state index < -0.39 is 11.9 Å². The fourth-order valence-corrected chi connectivity index (χ4v) is 1.11. The fourth-order valence-electron chi connectivity index (χ4n) is 1.11. The van der Waals surface area contributed by atoms with E-state index in [1.54, 1.807) is 0 Å². The van der Waals surface area contributed by atoms with Crippen LogP contribution in [0.25, 0.3) is 0 Å². The number of nitrogens with zero attached hydrogens (tertiary/aromatic N) is 2. The van der Waals surface area contributed by atoms with Crippen molar-refractivity contribution in [2.75, 3.05) is 5.01 Å². The first-order valence-corrected chi connectivity index (χ1v) is 4.47. The molecule has 6 nitrogen and oxygen atoms in total. The minimum Gasteiger partial charge on any atom is -0.427 e. The van der Waals surface area contributed by atoms with Crippen LogP contribution in [0.15, 0.2) is 29.6 Å². The van der Waals surface area contributed by atoms with E-state index in [-0.39, 0.29) is 0 Å². The van der Waals surface area contributed by atoms with Crippen LogP contribution in [0.1, 0.15) is 13.8 Å². The van der Waals surface area contributed by atoms with E-state index in [2.05, 4.69) is 5.29 Å². The SMILES string of the molecule is CC(=O)Oc1ccc(N(N=O)C(C)=O)cc1. The third-order valence-electron chi connectivity index (χ3n) is 1.72. The molecule has 0 atom stereocenters. The molecule has 0 heterocycles. The van der Waals surface area contributed by atoms with Crippen LogP contribution in [0.5, 0.6) is 5.75 Å². The highest BCUT2D eigenvalue weighted by Gasteiger charge is 2.11. The number of nitroso groups, excluding NO2 is 1. The lowest BCUT2D eigenvalue weighted by Crippen LogP contribution is -2.20. The molecule has 0 aromatic heterocycles. The zero-order valence-electron chi connectivity index (χ0n) is 8.84. The van der Waals surface area contributed by atoms with E-state index in [1.165, 1.54) is 38.1 Å².